The molecule has 0 aliphatic rings. The number of nitrogens with zero attached hydrogens (tertiary/aromatic N) is 2. The number of aryl methyl sites for hydroxylation is 1. The number of aliphatic hydroxyl groups excluding tert-OH is 1. The molecule has 1 aromatic carbocycles. The van der Waals surface area contributed by atoms with E-state index in [-0.39, 0.29) is 31.7 Å². The van der Waals surface area contributed by atoms with Crippen molar-refractivity contribution in [1.29, 1.82) is 0 Å². The number of aliphatic hydroxyl groups is 1. The Balaban J connectivity index is 1.96. The fourth-order valence-corrected chi connectivity index (χ4v) is 3.45. The van der Waals surface area contributed by atoms with E-state index < -0.39 is 34.7 Å². The highest BCUT2D eigenvalue weighted by atomic mass is 19.1. The second-order valence-corrected chi connectivity index (χ2v) is 7.47. The van der Waals surface area contributed by atoms with E-state index in [1.807, 2.05) is 0 Å². The molecule has 0 saturated carbocycles. The van der Waals surface area contributed by atoms with E-state index >= 15 is 0 Å². The number of nitrogens with one attached hydrogen (secondary N) is 2. The van der Waals surface area contributed by atoms with Gasteiger partial charge in [-0.2, -0.15) is 0 Å². The molecular weight excluding hydrogens is 447 g/mol. The SMILES string of the molecule is CCNC(=O)OCc1cc(F)ccc1Cc1cnc2c(O)c(C(=O)NCCO)c(=O)n(C)c2c1. The Morgan fingerprint density at radius 2 is 1.97 bits per heavy atom. The monoisotopic (exact) mass is 472 g/mol. The molecule has 0 spiro atoms. The maximum atomic E-state index is 13.8. The molecule has 0 atom stereocenters. The lowest BCUT2D eigenvalue weighted by Gasteiger charge is -2.14. The highest BCUT2D eigenvalue weighted by Gasteiger charge is 2.22. The first-order valence-electron chi connectivity index (χ1n) is 10.5. The van der Waals surface area contributed by atoms with Crippen LogP contribution in [0.15, 0.2) is 35.3 Å². The van der Waals surface area contributed by atoms with Crippen molar-refractivity contribution < 1.29 is 28.9 Å². The predicted molar refractivity (Wildman–Crippen MR) is 121 cm³/mol. The van der Waals surface area contributed by atoms with Crippen molar-refractivity contribution in [2.75, 3.05) is 19.7 Å². The van der Waals surface area contributed by atoms with E-state index in [1.165, 1.54) is 29.9 Å². The topological polar surface area (TPSA) is 143 Å². The van der Waals surface area contributed by atoms with E-state index in [0.29, 0.717) is 28.8 Å². The van der Waals surface area contributed by atoms with Crippen LogP contribution in [0.25, 0.3) is 11.0 Å². The first-order chi connectivity index (χ1) is 16.3. The third-order valence-corrected chi connectivity index (χ3v) is 5.13. The second-order valence-electron chi connectivity index (χ2n) is 7.47. The number of benzene rings is 1. The third-order valence-electron chi connectivity index (χ3n) is 5.13. The second kappa shape index (κ2) is 10.8. The first-order valence-corrected chi connectivity index (χ1v) is 10.5. The van der Waals surface area contributed by atoms with Gasteiger partial charge in [0.1, 0.15) is 23.5 Å². The van der Waals surface area contributed by atoms with Crippen molar-refractivity contribution in [3.8, 4) is 5.75 Å². The van der Waals surface area contributed by atoms with Crippen LogP contribution in [0.2, 0.25) is 0 Å². The molecule has 2 aromatic heterocycles. The van der Waals surface area contributed by atoms with Crippen molar-refractivity contribution in [3.05, 3.63) is 68.9 Å². The lowest BCUT2D eigenvalue weighted by atomic mass is 10.0. The van der Waals surface area contributed by atoms with Gasteiger partial charge in [0.25, 0.3) is 11.5 Å². The van der Waals surface area contributed by atoms with Gasteiger partial charge in [0, 0.05) is 26.3 Å². The average Bonchev–Trinajstić information content (AvgIpc) is 2.81. The van der Waals surface area contributed by atoms with Crippen LogP contribution in [-0.4, -0.2) is 51.5 Å². The van der Waals surface area contributed by atoms with Gasteiger partial charge in [0.15, 0.2) is 5.75 Å². The third kappa shape index (κ3) is 5.31. The number of hydrogen-bond donors (Lipinski definition) is 4. The minimum Gasteiger partial charge on any atom is -0.505 e. The summed E-state index contributed by atoms with van der Waals surface area (Å²) in [6.45, 7) is 1.62. The van der Waals surface area contributed by atoms with Crippen LogP contribution in [-0.2, 0) is 24.8 Å². The largest absolute Gasteiger partial charge is 0.505 e. The number of carbonyl (C=O) groups is 2. The Morgan fingerprint density at radius 1 is 1.21 bits per heavy atom. The maximum absolute atomic E-state index is 13.8. The number of ether oxygens (including phenoxy) is 1. The van der Waals surface area contributed by atoms with Crippen molar-refractivity contribution >= 4 is 23.0 Å². The summed E-state index contributed by atoms with van der Waals surface area (Å²) >= 11 is 0. The molecule has 10 nitrogen and oxygen atoms in total. The lowest BCUT2D eigenvalue weighted by Crippen LogP contribution is -2.34. The molecule has 0 radical (unpaired) electrons. The highest BCUT2D eigenvalue weighted by Crippen LogP contribution is 2.26. The Kier molecular flexibility index (Phi) is 7.79. The zero-order chi connectivity index (χ0) is 24.8. The van der Waals surface area contributed by atoms with Gasteiger partial charge in [-0.05, 0) is 48.2 Å². The molecule has 0 bridgehead atoms. The van der Waals surface area contributed by atoms with Gasteiger partial charge in [-0.1, -0.05) is 6.07 Å². The number of rotatable bonds is 8. The number of pyridine rings is 2. The quantitative estimate of drug-likeness (QED) is 0.387. The number of carbonyl (C=O) groups excluding carboxylic acids is 2. The normalized spacial score (nSPS) is 10.8. The molecule has 0 aliphatic heterocycles. The van der Waals surface area contributed by atoms with Crippen LogP contribution < -0.4 is 16.2 Å². The molecule has 180 valence electrons. The summed E-state index contributed by atoms with van der Waals surface area (Å²) < 4.78 is 20.1. The number of alkyl carbamates (subject to hydrolysis) is 1. The van der Waals surface area contributed by atoms with Gasteiger partial charge in [-0.15, -0.1) is 0 Å². The number of aromatic nitrogens is 2. The Bertz CT molecular complexity index is 1290. The molecule has 34 heavy (non-hydrogen) atoms. The van der Waals surface area contributed by atoms with E-state index in [4.69, 9.17) is 9.84 Å². The number of halogens is 1. The smallest absolute Gasteiger partial charge is 0.407 e. The minimum atomic E-state index is -0.817. The average molecular weight is 472 g/mol. The van der Waals surface area contributed by atoms with Crippen LogP contribution in [0.1, 0.15) is 34.0 Å². The number of fused-ring (bicyclic) bond motifs is 1. The van der Waals surface area contributed by atoms with Crippen molar-refractivity contribution in [2.24, 2.45) is 7.05 Å². The molecule has 0 aliphatic carbocycles. The number of hydrogen-bond acceptors (Lipinski definition) is 7. The summed E-state index contributed by atoms with van der Waals surface area (Å²) in [6.07, 6.45) is 1.14. The molecule has 0 fully saturated rings. The van der Waals surface area contributed by atoms with Crippen LogP contribution in [0.4, 0.5) is 9.18 Å². The molecule has 0 unspecified atom stereocenters. The van der Waals surface area contributed by atoms with Crippen molar-refractivity contribution in [2.45, 2.75) is 20.0 Å². The van der Waals surface area contributed by atoms with E-state index in [1.54, 1.807) is 19.1 Å². The van der Waals surface area contributed by atoms with Crippen molar-refractivity contribution in [1.82, 2.24) is 20.2 Å². The summed E-state index contributed by atoms with van der Waals surface area (Å²) in [5.74, 6) is -1.85. The molecule has 3 aromatic rings. The molecule has 4 N–H and O–H groups in total. The lowest BCUT2D eigenvalue weighted by molar-refractivity contribution is 0.0940. The van der Waals surface area contributed by atoms with Crippen LogP contribution in [0.5, 0.6) is 5.75 Å². The van der Waals surface area contributed by atoms with E-state index in [9.17, 15) is 23.9 Å². The van der Waals surface area contributed by atoms with Crippen LogP contribution in [0, 0.1) is 5.82 Å². The summed E-state index contributed by atoms with van der Waals surface area (Å²) in [5.41, 5.74) is 0.953. The minimum absolute atomic E-state index is 0.0545. The Hall–Kier alpha value is -3.99. The standard InChI is InChI=1S/C23H25FN4O6/c1-3-25-23(33)34-12-15-10-16(24)5-4-14(15)8-13-9-17-19(27-11-13)20(30)18(22(32)28(17)2)21(31)26-6-7-29/h4-5,9-11,29-30H,3,6-8,12H2,1-2H3,(H,25,33)(H,26,31). The number of aromatic hydroxyl groups is 1. The van der Waals surface area contributed by atoms with E-state index in [2.05, 4.69) is 15.6 Å². The van der Waals surface area contributed by atoms with Crippen LogP contribution >= 0.6 is 0 Å². The molecule has 0 saturated heterocycles. The highest BCUT2D eigenvalue weighted by molar-refractivity contribution is 6.01. The van der Waals surface area contributed by atoms with Gasteiger partial charge in [-0.25, -0.2) is 9.18 Å². The summed E-state index contributed by atoms with van der Waals surface area (Å²) in [7, 11) is 1.45. The first kappa shape index (κ1) is 24.6. The molecule has 2 amide bonds. The fourth-order valence-electron chi connectivity index (χ4n) is 3.45. The zero-order valence-electron chi connectivity index (χ0n) is 18.7. The van der Waals surface area contributed by atoms with Gasteiger partial charge >= 0.3 is 6.09 Å². The summed E-state index contributed by atoms with van der Waals surface area (Å²) in [6, 6.07) is 5.78. The predicted octanol–water partition coefficient (Wildman–Crippen LogP) is 1.34. The Morgan fingerprint density at radius 3 is 2.68 bits per heavy atom. The van der Waals surface area contributed by atoms with E-state index in [0.717, 1.165) is 0 Å². The zero-order valence-corrected chi connectivity index (χ0v) is 18.7. The summed E-state index contributed by atoms with van der Waals surface area (Å²) in [4.78, 5) is 40.9. The van der Waals surface area contributed by atoms with Crippen LogP contribution in [0.3, 0.4) is 0 Å². The van der Waals surface area contributed by atoms with Gasteiger partial charge < -0.3 is 30.2 Å². The molecular formula is C23H25FN4O6. The Labute approximate surface area is 194 Å². The molecule has 3 rings (SSSR count). The van der Waals surface area contributed by atoms with Gasteiger partial charge in [0.2, 0.25) is 0 Å². The summed E-state index contributed by atoms with van der Waals surface area (Å²) in [5, 5.41) is 24.3. The maximum Gasteiger partial charge on any atom is 0.407 e. The van der Waals surface area contributed by atoms with Gasteiger partial charge in [0.05, 0.1) is 12.1 Å². The molecule has 11 heteroatoms. The fraction of sp³-hybridized carbons (Fsp3) is 0.304. The van der Waals surface area contributed by atoms with Crippen molar-refractivity contribution in [3.63, 3.8) is 0 Å². The van der Waals surface area contributed by atoms with Gasteiger partial charge in [-0.3, -0.25) is 14.6 Å². The number of amides is 2. The molecule has 2 heterocycles.